The van der Waals surface area contributed by atoms with Crippen LogP contribution in [0.3, 0.4) is 0 Å². The Bertz CT molecular complexity index is 392. The largest absolute Gasteiger partial charge is 0.345 e. The highest BCUT2D eigenvalue weighted by atomic mass is 79.9. The zero-order valence-electron chi connectivity index (χ0n) is 6.06. The van der Waals surface area contributed by atoms with Crippen LogP contribution in [0.5, 0.6) is 0 Å². The van der Waals surface area contributed by atoms with Crippen LogP contribution in [0.4, 0.5) is 0 Å². The van der Waals surface area contributed by atoms with Gasteiger partial charge in [-0.3, -0.25) is 0 Å². The zero-order valence-corrected chi connectivity index (χ0v) is 7.64. The molecule has 2 aromatic heterocycles. The van der Waals surface area contributed by atoms with E-state index in [0.29, 0.717) is 0 Å². The molecule has 2 heterocycles. The van der Waals surface area contributed by atoms with Crippen molar-refractivity contribution in [3.63, 3.8) is 0 Å². The molecule has 0 aliphatic heterocycles. The summed E-state index contributed by atoms with van der Waals surface area (Å²) in [6, 6.07) is 4.05. The molecule has 0 atom stereocenters. The van der Waals surface area contributed by atoms with Gasteiger partial charge >= 0.3 is 0 Å². The van der Waals surface area contributed by atoms with E-state index in [0.717, 1.165) is 21.2 Å². The van der Waals surface area contributed by atoms with E-state index in [1.165, 1.54) is 0 Å². The Morgan fingerprint density at radius 3 is 3.09 bits per heavy atom. The van der Waals surface area contributed by atoms with E-state index >= 15 is 0 Å². The van der Waals surface area contributed by atoms with Gasteiger partial charge in [0.1, 0.15) is 5.65 Å². The Kier molecular flexibility index (Phi) is 1.46. The van der Waals surface area contributed by atoms with Crippen LogP contribution in [0, 0.1) is 6.92 Å². The van der Waals surface area contributed by atoms with Crippen molar-refractivity contribution in [3.8, 4) is 0 Å². The van der Waals surface area contributed by atoms with Gasteiger partial charge in [0, 0.05) is 21.7 Å². The summed E-state index contributed by atoms with van der Waals surface area (Å²) in [5.41, 5.74) is 1.98. The molecule has 0 fully saturated rings. The van der Waals surface area contributed by atoms with Crippen molar-refractivity contribution in [2.75, 3.05) is 0 Å². The van der Waals surface area contributed by atoms with Crippen molar-refractivity contribution in [2.24, 2.45) is 0 Å². The van der Waals surface area contributed by atoms with Crippen LogP contribution < -0.4 is 0 Å². The van der Waals surface area contributed by atoms with Gasteiger partial charge in [-0.15, -0.1) is 0 Å². The highest BCUT2D eigenvalue weighted by Gasteiger charge is 1.99. The third kappa shape index (κ3) is 1.05. The van der Waals surface area contributed by atoms with Crippen molar-refractivity contribution in [2.45, 2.75) is 6.92 Å². The molecule has 0 aliphatic carbocycles. The molecule has 0 saturated carbocycles. The monoisotopic (exact) mass is 210 g/mol. The third-order valence-corrected chi connectivity index (χ3v) is 2.28. The van der Waals surface area contributed by atoms with Gasteiger partial charge in [0.05, 0.1) is 0 Å². The van der Waals surface area contributed by atoms with E-state index in [2.05, 4.69) is 32.0 Å². The van der Waals surface area contributed by atoms with E-state index in [1.807, 2.05) is 19.2 Å². The standard InChI is InChI=1S/C8H7BrN2/c1-5-2-3-6-7(9)4-10-8(6)11-5/h2-4H,1H3,(H,10,11). The van der Waals surface area contributed by atoms with Crippen molar-refractivity contribution >= 4 is 27.0 Å². The maximum absolute atomic E-state index is 4.31. The lowest BCUT2D eigenvalue weighted by molar-refractivity contribution is 1.22. The van der Waals surface area contributed by atoms with Gasteiger partial charge in [0.15, 0.2) is 0 Å². The summed E-state index contributed by atoms with van der Waals surface area (Å²) in [7, 11) is 0. The summed E-state index contributed by atoms with van der Waals surface area (Å²) in [5, 5.41) is 1.13. The number of aromatic nitrogens is 2. The van der Waals surface area contributed by atoms with Crippen LogP contribution in [0.25, 0.3) is 11.0 Å². The van der Waals surface area contributed by atoms with Crippen molar-refractivity contribution in [1.29, 1.82) is 0 Å². The summed E-state index contributed by atoms with van der Waals surface area (Å²) in [6.07, 6.45) is 1.90. The molecule has 0 spiro atoms. The number of halogens is 1. The van der Waals surface area contributed by atoms with Gasteiger partial charge in [-0.25, -0.2) is 4.98 Å². The highest BCUT2D eigenvalue weighted by molar-refractivity contribution is 9.10. The second-order valence-corrected chi connectivity index (χ2v) is 3.34. The SMILES string of the molecule is Cc1ccc2c(Br)c[nH]c2n1. The molecule has 0 aliphatic rings. The second-order valence-electron chi connectivity index (χ2n) is 2.49. The number of pyridine rings is 1. The van der Waals surface area contributed by atoms with E-state index < -0.39 is 0 Å². The third-order valence-electron chi connectivity index (χ3n) is 1.63. The molecular weight excluding hydrogens is 204 g/mol. The molecule has 2 nitrogen and oxygen atoms in total. The molecular formula is C8H7BrN2. The Morgan fingerprint density at radius 1 is 1.45 bits per heavy atom. The van der Waals surface area contributed by atoms with Crippen LogP contribution in [0.2, 0.25) is 0 Å². The number of nitrogens with zero attached hydrogens (tertiary/aromatic N) is 1. The smallest absolute Gasteiger partial charge is 0.138 e. The van der Waals surface area contributed by atoms with Crippen LogP contribution in [0.15, 0.2) is 22.8 Å². The minimum Gasteiger partial charge on any atom is -0.345 e. The summed E-state index contributed by atoms with van der Waals surface area (Å²) in [5.74, 6) is 0. The molecule has 0 bridgehead atoms. The topological polar surface area (TPSA) is 28.7 Å². The van der Waals surface area contributed by atoms with Crippen LogP contribution >= 0.6 is 15.9 Å². The molecule has 0 saturated heterocycles. The fourth-order valence-corrected chi connectivity index (χ4v) is 1.50. The number of rotatable bonds is 0. The van der Waals surface area contributed by atoms with Crippen molar-refractivity contribution < 1.29 is 0 Å². The van der Waals surface area contributed by atoms with E-state index in [1.54, 1.807) is 0 Å². The van der Waals surface area contributed by atoms with Crippen LogP contribution in [-0.4, -0.2) is 9.97 Å². The minimum atomic E-state index is 0.942. The van der Waals surface area contributed by atoms with Crippen molar-refractivity contribution in [3.05, 3.63) is 28.5 Å². The molecule has 3 heteroatoms. The average Bonchev–Trinajstić information content (AvgIpc) is 2.32. The predicted molar refractivity (Wildman–Crippen MR) is 48.5 cm³/mol. The lowest BCUT2D eigenvalue weighted by Crippen LogP contribution is -1.79. The summed E-state index contributed by atoms with van der Waals surface area (Å²) >= 11 is 3.42. The molecule has 11 heavy (non-hydrogen) atoms. The molecule has 56 valence electrons. The fourth-order valence-electron chi connectivity index (χ4n) is 1.07. The van der Waals surface area contributed by atoms with Crippen LogP contribution in [-0.2, 0) is 0 Å². The highest BCUT2D eigenvalue weighted by Crippen LogP contribution is 2.21. The lowest BCUT2D eigenvalue weighted by atomic mass is 10.3. The number of hydrogen-bond acceptors (Lipinski definition) is 1. The Balaban J connectivity index is 2.86. The normalized spacial score (nSPS) is 10.7. The summed E-state index contributed by atoms with van der Waals surface area (Å²) < 4.78 is 1.07. The number of fused-ring (bicyclic) bond motifs is 1. The molecule has 0 unspecified atom stereocenters. The lowest BCUT2D eigenvalue weighted by Gasteiger charge is -1.91. The first-order chi connectivity index (χ1) is 5.27. The Labute approximate surface area is 72.8 Å². The maximum atomic E-state index is 4.31. The number of nitrogens with one attached hydrogen (secondary N) is 1. The number of H-pyrrole nitrogens is 1. The molecule has 2 rings (SSSR count). The van der Waals surface area contributed by atoms with Gasteiger partial charge in [0.2, 0.25) is 0 Å². The fraction of sp³-hybridized carbons (Fsp3) is 0.125. The first kappa shape index (κ1) is 6.85. The van der Waals surface area contributed by atoms with Gasteiger partial charge in [-0.05, 0) is 35.0 Å². The number of aryl methyl sites for hydroxylation is 1. The predicted octanol–water partition coefficient (Wildman–Crippen LogP) is 2.63. The van der Waals surface area contributed by atoms with E-state index in [-0.39, 0.29) is 0 Å². The van der Waals surface area contributed by atoms with E-state index in [9.17, 15) is 0 Å². The number of hydrogen-bond donors (Lipinski definition) is 1. The van der Waals surface area contributed by atoms with Gasteiger partial charge in [0.25, 0.3) is 0 Å². The van der Waals surface area contributed by atoms with Crippen LogP contribution in [0.1, 0.15) is 5.69 Å². The first-order valence-electron chi connectivity index (χ1n) is 3.37. The second kappa shape index (κ2) is 2.34. The van der Waals surface area contributed by atoms with Gasteiger partial charge < -0.3 is 4.98 Å². The molecule has 1 N–H and O–H groups in total. The van der Waals surface area contributed by atoms with Gasteiger partial charge in [-0.2, -0.15) is 0 Å². The molecule has 0 radical (unpaired) electrons. The van der Waals surface area contributed by atoms with E-state index in [4.69, 9.17) is 0 Å². The summed E-state index contributed by atoms with van der Waals surface area (Å²) in [4.78, 5) is 7.38. The first-order valence-corrected chi connectivity index (χ1v) is 4.17. The number of aromatic amines is 1. The quantitative estimate of drug-likeness (QED) is 0.712. The molecule has 0 aromatic carbocycles. The van der Waals surface area contributed by atoms with Gasteiger partial charge in [-0.1, -0.05) is 0 Å². The zero-order chi connectivity index (χ0) is 7.84. The van der Waals surface area contributed by atoms with Crippen molar-refractivity contribution in [1.82, 2.24) is 9.97 Å². The minimum absolute atomic E-state index is 0.942. The maximum Gasteiger partial charge on any atom is 0.138 e. The summed E-state index contributed by atoms with van der Waals surface area (Å²) in [6.45, 7) is 1.98. The molecule has 0 amide bonds. The molecule has 2 aromatic rings. The Hall–Kier alpha value is -0.830. The Morgan fingerprint density at radius 2 is 2.27 bits per heavy atom. The average molecular weight is 211 g/mol.